The Hall–Kier alpha value is -3.28. The van der Waals surface area contributed by atoms with E-state index in [-0.39, 0.29) is 6.04 Å². The number of hydrogen-bond donors (Lipinski definition) is 0. The van der Waals surface area contributed by atoms with Crippen LogP contribution in [0.3, 0.4) is 0 Å². The minimum atomic E-state index is 0.179. The van der Waals surface area contributed by atoms with Gasteiger partial charge in [-0.15, -0.1) is 10.2 Å². The van der Waals surface area contributed by atoms with Crippen molar-refractivity contribution in [2.75, 3.05) is 11.4 Å². The highest BCUT2D eigenvalue weighted by Gasteiger charge is 2.32. The zero-order valence-electron chi connectivity index (χ0n) is 17.6. The summed E-state index contributed by atoms with van der Waals surface area (Å²) in [6, 6.07) is 18.9. The molecule has 0 spiro atoms. The molecular formula is C25H26N6. The Bertz CT molecular complexity index is 1220. The van der Waals surface area contributed by atoms with E-state index >= 15 is 0 Å². The molecule has 1 saturated heterocycles. The number of anilines is 1. The van der Waals surface area contributed by atoms with Gasteiger partial charge in [-0.05, 0) is 38.2 Å². The van der Waals surface area contributed by atoms with Crippen molar-refractivity contribution in [3.05, 3.63) is 66.2 Å². The van der Waals surface area contributed by atoms with Crippen LogP contribution in [-0.2, 0) is 13.0 Å². The molecule has 0 bridgehead atoms. The monoisotopic (exact) mass is 410 g/mol. The molecule has 6 nitrogen and oxygen atoms in total. The van der Waals surface area contributed by atoms with Gasteiger partial charge in [0.2, 0.25) is 5.95 Å². The lowest BCUT2D eigenvalue weighted by atomic mass is 10.0. The third-order valence-corrected chi connectivity index (χ3v) is 6.58. The minimum Gasteiger partial charge on any atom is -0.331 e. The van der Waals surface area contributed by atoms with Crippen LogP contribution in [0.4, 0.5) is 5.95 Å². The van der Waals surface area contributed by atoms with Gasteiger partial charge in [-0.25, -0.2) is 9.97 Å². The van der Waals surface area contributed by atoms with Crippen molar-refractivity contribution in [3.63, 3.8) is 0 Å². The SMILES string of the molecule is c1ccc(-c2nc(N3CCCCC3c3nnc4n3CCCC4)nc3ccccc23)cc1. The third-order valence-electron chi connectivity index (χ3n) is 6.58. The number of hydrogen-bond acceptors (Lipinski definition) is 5. The highest BCUT2D eigenvalue weighted by molar-refractivity contribution is 5.93. The summed E-state index contributed by atoms with van der Waals surface area (Å²) >= 11 is 0. The van der Waals surface area contributed by atoms with E-state index in [1.165, 1.54) is 19.3 Å². The van der Waals surface area contributed by atoms with E-state index in [9.17, 15) is 0 Å². The predicted molar refractivity (Wildman–Crippen MR) is 122 cm³/mol. The molecular weight excluding hydrogens is 384 g/mol. The predicted octanol–water partition coefficient (Wildman–Crippen LogP) is 4.96. The maximum atomic E-state index is 5.12. The van der Waals surface area contributed by atoms with Crippen LogP contribution < -0.4 is 4.90 Å². The molecule has 0 aliphatic carbocycles. The van der Waals surface area contributed by atoms with Gasteiger partial charge >= 0.3 is 0 Å². The molecule has 1 atom stereocenters. The Balaban J connectivity index is 1.48. The molecule has 0 amide bonds. The van der Waals surface area contributed by atoms with Crippen LogP contribution in [-0.4, -0.2) is 31.3 Å². The molecule has 156 valence electrons. The van der Waals surface area contributed by atoms with Crippen LogP contribution >= 0.6 is 0 Å². The number of fused-ring (bicyclic) bond motifs is 2. The Morgan fingerprint density at radius 1 is 0.774 bits per heavy atom. The molecule has 2 aromatic heterocycles. The average molecular weight is 411 g/mol. The van der Waals surface area contributed by atoms with Crippen molar-refractivity contribution < 1.29 is 0 Å². The minimum absolute atomic E-state index is 0.179. The van der Waals surface area contributed by atoms with Gasteiger partial charge in [0.05, 0.1) is 17.3 Å². The van der Waals surface area contributed by atoms with Crippen molar-refractivity contribution in [2.45, 2.75) is 51.1 Å². The number of para-hydroxylation sites is 1. The highest BCUT2D eigenvalue weighted by Crippen LogP contribution is 2.36. The summed E-state index contributed by atoms with van der Waals surface area (Å²) in [5.74, 6) is 3.03. The number of aryl methyl sites for hydroxylation is 1. The summed E-state index contributed by atoms with van der Waals surface area (Å²) in [5.41, 5.74) is 3.10. The first-order chi connectivity index (χ1) is 15.4. The molecule has 1 fully saturated rings. The van der Waals surface area contributed by atoms with Crippen molar-refractivity contribution >= 4 is 16.9 Å². The number of piperidine rings is 1. The van der Waals surface area contributed by atoms with Crippen molar-refractivity contribution in [1.29, 1.82) is 0 Å². The maximum absolute atomic E-state index is 5.12. The summed E-state index contributed by atoms with van der Waals surface area (Å²) in [6.45, 7) is 1.97. The van der Waals surface area contributed by atoms with Gasteiger partial charge in [-0.2, -0.15) is 0 Å². The fourth-order valence-corrected chi connectivity index (χ4v) is 5.03. The molecule has 0 saturated carbocycles. The molecule has 1 unspecified atom stereocenters. The summed E-state index contributed by atoms with van der Waals surface area (Å²) in [4.78, 5) is 12.5. The molecule has 6 heteroatoms. The van der Waals surface area contributed by atoms with Crippen molar-refractivity contribution in [3.8, 4) is 11.3 Å². The molecule has 6 rings (SSSR count). The second kappa shape index (κ2) is 7.76. The van der Waals surface area contributed by atoms with Gasteiger partial charge in [0.25, 0.3) is 0 Å². The summed E-state index contributed by atoms with van der Waals surface area (Å²) < 4.78 is 2.35. The van der Waals surface area contributed by atoms with E-state index in [1.54, 1.807) is 0 Å². The number of rotatable bonds is 3. The largest absolute Gasteiger partial charge is 0.331 e. The van der Waals surface area contributed by atoms with Gasteiger partial charge in [0.1, 0.15) is 5.82 Å². The summed E-state index contributed by atoms with van der Waals surface area (Å²) in [6.07, 6.45) is 6.85. The van der Waals surface area contributed by atoms with Gasteiger partial charge < -0.3 is 9.47 Å². The van der Waals surface area contributed by atoms with Crippen LogP contribution in [0.1, 0.15) is 49.8 Å². The first-order valence-electron chi connectivity index (χ1n) is 11.4. The molecule has 4 aromatic rings. The normalized spacial score (nSPS) is 18.8. The van der Waals surface area contributed by atoms with Gasteiger partial charge in [0, 0.05) is 30.5 Å². The Kier molecular flexibility index (Phi) is 4.63. The molecule has 2 aliphatic rings. The third kappa shape index (κ3) is 3.26. The standard InChI is InChI=1S/C25H26N6/c1-2-10-18(11-3-1)23-19-12-4-5-13-20(19)26-25(27-23)30-16-8-6-14-21(30)24-29-28-22-15-7-9-17-31(22)24/h1-5,10-13,21H,6-9,14-17H2. The van der Waals surface area contributed by atoms with E-state index < -0.39 is 0 Å². The van der Waals surface area contributed by atoms with Crippen molar-refractivity contribution in [2.24, 2.45) is 0 Å². The van der Waals surface area contributed by atoms with E-state index in [2.05, 4.69) is 68.2 Å². The Labute approximate surface area is 182 Å². The van der Waals surface area contributed by atoms with Crippen LogP contribution in [0.15, 0.2) is 54.6 Å². The van der Waals surface area contributed by atoms with E-state index in [4.69, 9.17) is 9.97 Å². The lowest BCUT2D eigenvalue weighted by Crippen LogP contribution is -2.36. The number of nitrogens with zero attached hydrogens (tertiary/aromatic N) is 6. The lowest BCUT2D eigenvalue weighted by Gasteiger charge is -2.36. The summed E-state index contributed by atoms with van der Waals surface area (Å²) in [5, 5.41) is 10.3. The molecule has 31 heavy (non-hydrogen) atoms. The second-order valence-corrected chi connectivity index (χ2v) is 8.54. The molecule has 0 radical (unpaired) electrons. The van der Waals surface area contributed by atoms with Gasteiger partial charge in [-0.3, -0.25) is 0 Å². The van der Waals surface area contributed by atoms with E-state index in [0.29, 0.717) is 0 Å². The first-order valence-corrected chi connectivity index (χ1v) is 11.4. The quantitative estimate of drug-likeness (QED) is 0.478. The van der Waals surface area contributed by atoms with E-state index in [0.717, 1.165) is 72.1 Å². The van der Waals surface area contributed by atoms with E-state index in [1.807, 2.05) is 6.07 Å². The van der Waals surface area contributed by atoms with Gasteiger partial charge in [0.15, 0.2) is 5.82 Å². The number of benzene rings is 2. The fraction of sp³-hybridized carbons (Fsp3) is 0.360. The zero-order valence-corrected chi connectivity index (χ0v) is 17.6. The molecule has 2 aromatic carbocycles. The second-order valence-electron chi connectivity index (χ2n) is 8.54. The molecule has 0 N–H and O–H groups in total. The zero-order chi connectivity index (χ0) is 20.6. The fourth-order valence-electron chi connectivity index (χ4n) is 5.03. The Morgan fingerprint density at radius 2 is 1.61 bits per heavy atom. The summed E-state index contributed by atoms with van der Waals surface area (Å²) in [7, 11) is 0. The average Bonchev–Trinajstić information content (AvgIpc) is 3.28. The molecule has 4 heterocycles. The maximum Gasteiger partial charge on any atom is 0.227 e. The van der Waals surface area contributed by atoms with Crippen LogP contribution in [0, 0.1) is 0 Å². The van der Waals surface area contributed by atoms with Gasteiger partial charge in [-0.1, -0.05) is 48.5 Å². The molecule has 2 aliphatic heterocycles. The van der Waals surface area contributed by atoms with Crippen LogP contribution in [0.2, 0.25) is 0 Å². The van der Waals surface area contributed by atoms with Crippen LogP contribution in [0.5, 0.6) is 0 Å². The number of aromatic nitrogens is 5. The first kappa shape index (κ1) is 18.5. The lowest BCUT2D eigenvalue weighted by molar-refractivity contribution is 0.418. The highest BCUT2D eigenvalue weighted by atomic mass is 15.4. The Morgan fingerprint density at radius 3 is 2.55 bits per heavy atom. The van der Waals surface area contributed by atoms with Crippen molar-refractivity contribution in [1.82, 2.24) is 24.7 Å². The van der Waals surface area contributed by atoms with Crippen LogP contribution in [0.25, 0.3) is 22.2 Å². The smallest absolute Gasteiger partial charge is 0.227 e. The topological polar surface area (TPSA) is 59.7 Å².